The highest BCUT2D eigenvalue weighted by molar-refractivity contribution is 6.06. The van der Waals surface area contributed by atoms with Crippen LogP contribution in [0.1, 0.15) is 0 Å². The SMILES string of the molecule is c1ccc(-c2cc(-n3c4ccc(-c5ccc6oc7ccccc7c6c5)cc4n4c5ccccc5nc34)nc(-c3ccccc3)n2)cc1. The molecule has 47 heavy (non-hydrogen) atoms. The van der Waals surface area contributed by atoms with Gasteiger partial charge in [0.25, 0.3) is 0 Å². The maximum absolute atomic E-state index is 6.12. The summed E-state index contributed by atoms with van der Waals surface area (Å²) in [4.78, 5) is 15.3. The third-order valence-corrected chi connectivity index (χ3v) is 8.95. The van der Waals surface area contributed by atoms with Crippen LogP contribution in [-0.4, -0.2) is 23.9 Å². The zero-order valence-corrected chi connectivity index (χ0v) is 25.1. The molecule has 0 aliphatic carbocycles. The van der Waals surface area contributed by atoms with Crippen LogP contribution < -0.4 is 0 Å². The lowest BCUT2D eigenvalue weighted by Gasteiger charge is -2.11. The molecule has 6 nitrogen and oxygen atoms in total. The van der Waals surface area contributed by atoms with Crippen molar-refractivity contribution >= 4 is 49.8 Å². The zero-order valence-electron chi connectivity index (χ0n) is 25.1. The number of imidazole rings is 2. The second kappa shape index (κ2) is 9.99. The van der Waals surface area contributed by atoms with E-state index in [1.165, 1.54) is 0 Å². The number of para-hydroxylation sites is 3. The molecule has 0 aliphatic heterocycles. The largest absolute Gasteiger partial charge is 0.456 e. The Kier molecular flexibility index (Phi) is 5.48. The Morgan fingerprint density at radius 1 is 0.447 bits per heavy atom. The number of hydrogen-bond donors (Lipinski definition) is 0. The van der Waals surface area contributed by atoms with Gasteiger partial charge in [0.2, 0.25) is 5.78 Å². The highest BCUT2D eigenvalue weighted by Gasteiger charge is 2.21. The maximum Gasteiger partial charge on any atom is 0.221 e. The van der Waals surface area contributed by atoms with Crippen LogP contribution in [-0.2, 0) is 0 Å². The lowest BCUT2D eigenvalue weighted by molar-refractivity contribution is 0.669. The first-order chi connectivity index (χ1) is 23.3. The fourth-order valence-corrected chi connectivity index (χ4v) is 6.73. The van der Waals surface area contributed by atoms with E-state index in [9.17, 15) is 0 Å². The van der Waals surface area contributed by atoms with Gasteiger partial charge in [-0.05, 0) is 53.6 Å². The fourth-order valence-electron chi connectivity index (χ4n) is 6.73. The Labute approximate surface area is 268 Å². The molecule has 0 fully saturated rings. The van der Waals surface area contributed by atoms with E-state index in [4.69, 9.17) is 19.4 Å². The van der Waals surface area contributed by atoms with Gasteiger partial charge in [0, 0.05) is 28.0 Å². The van der Waals surface area contributed by atoms with Crippen LogP contribution >= 0.6 is 0 Å². The molecule has 0 saturated carbocycles. The Bertz CT molecular complexity index is 2730. The van der Waals surface area contributed by atoms with Crippen LogP contribution in [0.4, 0.5) is 0 Å². The van der Waals surface area contributed by atoms with Crippen molar-refractivity contribution in [2.75, 3.05) is 0 Å². The van der Waals surface area contributed by atoms with E-state index in [-0.39, 0.29) is 0 Å². The first-order valence-corrected chi connectivity index (χ1v) is 15.6. The van der Waals surface area contributed by atoms with Crippen LogP contribution in [0.15, 0.2) is 156 Å². The predicted molar refractivity (Wildman–Crippen MR) is 189 cm³/mol. The third kappa shape index (κ3) is 4.02. The molecule has 0 aliphatic rings. The summed E-state index contributed by atoms with van der Waals surface area (Å²) in [5, 5.41) is 2.23. The summed E-state index contributed by atoms with van der Waals surface area (Å²) in [6.45, 7) is 0. The van der Waals surface area contributed by atoms with Gasteiger partial charge in [-0.25, -0.2) is 15.0 Å². The monoisotopic (exact) mass is 603 g/mol. The molecule has 0 amide bonds. The summed E-state index contributed by atoms with van der Waals surface area (Å²) in [7, 11) is 0. The van der Waals surface area contributed by atoms with Crippen molar-refractivity contribution in [1.29, 1.82) is 0 Å². The number of nitrogens with zero attached hydrogens (tertiary/aromatic N) is 5. The minimum absolute atomic E-state index is 0.662. The van der Waals surface area contributed by atoms with Gasteiger partial charge in [-0.1, -0.05) is 103 Å². The molecule has 10 rings (SSSR count). The molecule has 0 radical (unpaired) electrons. The summed E-state index contributed by atoms with van der Waals surface area (Å²) in [6, 6.07) is 52.0. The van der Waals surface area contributed by atoms with Crippen molar-refractivity contribution in [3.8, 4) is 39.6 Å². The van der Waals surface area contributed by atoms with E-state index >= 15 is 0 Å². The lowest BCUT2D eigenvalue weighted by Crippen LogP contribution is -2.03. The Balaban J connectivity index is 1.25. The Morgan fingerprint density at radius 3 is 2.02 bits per heavy atom. The first-order valence-electron chi connectivity index (χ1n) is 15.6. The second-order valence-electron chi connectivity index (χ2n) is 11.8. The number of furan rings is 1. The van der Waals surface area contributed by atoms with Gasteiger partial charge >= 0.3 is 0 Å². The molecule has 0 bridgehead atoms. The summed E-state index contributed by atoms with van der Waals surface area (Å²) in [6.07, 6.45) is 0. The standard InChI is InChI=1S/C41H25N5O/c1-3-11-26(12-4-1)33-25-39(44-40(42-33)27-13-5-2-6-14-27)46-35-21-19-29(24-36(35)45-34-17-9-8-16-32(34)43-41(45)46)28-20-22-38-31(23-28)30-15-7-10-18-37(30)47-38/h1-25H. The van der Waals surface area contributed by atoms with Gasteiger partial charge in [0.05, 0.1) is 27.8 Å². The zero-order chi connectivity index (χ0) is 30.9. The summed E-state index contributed by atoms with van der Waals surface area (Å²) < 4.78 is 10.5. The predicted octanol–water partition coefficient (Wildman–Crippen LogP) is 10.1. The van der Waals surface area contributed by atoms with E-state index in [2.05, 4.69) is 93.9 Å². The van der Waals surface area contributed by atoms with Crippen molar-refractivity contribution in [1.82, 2.24) is 23.9 Å². The quantitative estimate of drug-likeness (QED) is 0.201. The molecule has 4 heterocycles. The maximum atomic E-state index is 6.12. The van der Waals surface area contributed by atoms with Gasteiger partial charge in [-0.2, -0.15) is 0 Å². The molecule has 6 aromatic carbocycles. The number of hydrogen-bond acceptors (Lipinski definition) is 4. The highest BCUT2D eigenvalue weighted by Crippen LogP contribution is 2.36. The summed E-state index contributed by atoms with van der Waals surface area (Å²) in [5.41, 5.74) is 10.9. The van der Waals surface area contributed by atoms with Crippen LogP contribution in [0.5, 0.6) is 0 Å². The number of aromatic nitrogens is 5. The van der Waals surface area contributed by atoms with Crippen molar-refractivity contribution in [3.63, 3.8) is 0 Å². The van der Waals surface area contributed by atoms with Crippen molar-refractivity contribution in [3.05, 3.63) is 152 Å². The van der Waals surface area contributed by atoms with E-state index in [1.54, 1.807) is 0 Å². The molecular weight excluding hydrogens is 578 g/mol. The van der Waals surface area contributed by atoms with E-state index in [0.29, 0.717) is 5.82 Å². The van der Waals surface area contributed by atoms with E-state index in [0.717, 1.165) is 83.5 Å². The first kappa shape index (κ1) is 25.8. The molecule has 4 aromatic heterocycles. The number of fused-ring (bicyclic) bond motifs is 8. The molecule has 10 aromatic rings. The molecule has 6 heteroatoms. The Hall–Kier alpha value is -6.53. The average Bonchev–Trinajstić information content (AvgIpc) is 3.80. The number of rotatable bonds is 4. The van der Waals surface area contributed by atoms with Crippen LogP contribution in [0, 0.1) is 0 Å². The van der Waals surface area contributed by atoms with Gasteiger partial charge in [0.15, 0.2) is 5.82 Å². The smallest absolute Gasteiger partial charge is 0.221 e. The molecule has 0 N–H and O–H groups in total. The molecule has 0 spiro atoms. The molecule has 0 unspecified atom stereocenters. The van der Waals surface area contributed by atoms with Gasteiger partial charge in [-0.3, -0.25) is 8.97 Å². The molecule has 0 atom stereocenters. The van der Waals surface area contributed by atoms with Crippen LogP contribution in [0.3, 0.4) is 0 Å². The van der Waals surface area contributed by atoms with Crippen molar-refractivity contribution in [2.24, 2.45) is 0 Å². The van der Waals surface area contributed by atoms with Crippen molar-refractivity contribution in [2.45, 2.75) is 0 Å². The molecular formula is C41H25N5O. The minimum Gasteiger partial charge on any atom is -0.456 e. The number of benzene rings is 6. The minimum atomic E-state index is 0.662. The fraction of sp³-hybridized carbons (Fsp3) is 0. The summed E-state index contributed by atoms with van der Waals surface area (Å²) in [5.74, 6) is 2.22. The highest BCUT2D eigenvalue weighted by atomic mass is 16.3. The molecule has 0 saturated heterocycles. The average molecular weight is 604 g/mol. The van der Waals surface area contributed by atoms with Gasteiger partial charge in [-0.15, -0.1) is 0 Å². The summed E-state index contributed by atoms with van der Waals surface area (Å²) >= 11 is 0. The lowest BCUT2D eigenvalue weighted by atomic mass is 10.0. The van der Waals surface area contributed by atoms with Gasteiger partial charge < -0.3 is 4.42 Å². The molecule has 220 valence electrons. The van der Waals surface area contributed by atoms with E-state index in [1.807, 2.05) is 66.7 Å². The second-order valence-corrected chi connectivity index (χ2v) is 11.8. The van der Waals surface area contributed by atoms with Crippen molar-refractivity contribution < 1.29 is 4.42 Å². The topological polar surface area (TPSA) is 61.2 Å². The van der Waals surface area contributed by atoms with E-state index < -0.39 is 0 Å². The van der Waals surface area contributed by atoms with Gasteiger partial charge in [0.1, 0.15) is 17.0 Å². The normalized spacial score (nSPS) is 11.8. The third-order valence-electron chi connectivity index (χ3n) is 8.95. The van der Waals surface area contributed by atoms with Crippen LogP contribution in [0.25, 0.3) is 89.4 Å². The van der Waals surface area contributed by atoms with Crippen LogP contribution in [0.2, 0.25) is 0 Å². The Morgan fingerprint density at radius 2 is 1.15 bits per heavy atom.